The molecule has 78 valence electrons. The fraction of sp³-hybridized carbons (Fsp3) is 0. The number of aromatic nitrogens is 3. The minimum Gasteiger partial charge on any atom is -0.443 e. The van der Waals surface area contributed by atoms with E-state index < -0.39 is 0 Å². The van der Waals surface area contributed by atoms with Crippen LogP contribution in [0.2, 0.25) is 5.15 Å². The minimum absolute atomic E-state index is 0.419. The largest absolute Gasteiger partial charge is 0.443 e. The summed E-state index contributed by atoms with van der Waals surface area (Å²) in [6.07, 6.45) is 2.85. The van der Waals surface area contributed by atoms with Crippen molar-refractivity contribution in [1.29, 1.82) is 0 Å². The van der Waals surface area contributed by atoms with Crippen molar-refractivity contribution in [2.75, 3.05) is 0 Å². The van der Waals surface area contributed by atoms with E-state index in [2.05, 4.69) is 15.0 Å². The van der Waals surface area contributed by atoms with E-state index in [0.29, 0.717) is 5.15 Å². The SMILES string of the molecule is Clc1cc(-c2ccc3ncoc3c2)ncn1. The number of benzene rings is 1. The lowest BCUT2D eigenvalue weighted by atomic mass is 10.1. The van der Waals surface area contributed by atoms with Crippen LogP contribution < -0.4 is 0 Å². The van der Waals surface area contributed by atoms with Crippen molar-refractivity contribution in [2.24, 2.45) is 0 Å². The topological polar surface area (TPSA) is 51.8 Å². The number of hydrogen-bond donors (Lipinski definition) is 0. The Balaban J connectivity index is 2.18. The van der Waals surface area contributed by atoms with E-state index in [1.807, 2.05) is 18.2 Å². The van der Waals surface area contributed by atoms with Crippen molar-refractivity contribution in [1.82, 2.24) is 15.0 Å². The highest BCUT2D eigenvalue weighted by Gasteiger charge is 2.04. The molecule has 2 aromatic heterocycles. The molecule has 0 bridgehead atoms. The maximum Gasteiger partial charge on any atom is 0.181 e. The molecule has 0 unspecified atom stereocenters. The van der Waals surface area contributed by atoms with Gasteiger partial charge in [0.1, 0.15) is 17.0 Å². The molecule has 5 heteroatoms. The van der Waals surface area contributed by atoms with Crippen LogP contribution in [0, 0.1) is 0 Å². The van der Waals surface area contributed by atoms with Crippen LogP contribution in [0.1, 0.15) is 0 Å². The third-order valence-corrected chi connectivity index (χ3v) is 2.47. The number of rotatable bonds is 1. The van der Waals surface area contributed by atoms with Crippen LogP contribution in [-0.2, 0) is 0 Å². The Kier molecular flexibility index (Phi) is 2.08. The van der Waals surface area contributed by atoms with Gasteiger partial charge in [-0.05, 0) is 12.1 Å². The molecule has 0 saturated carbocycles. The Morgan fingerprint density at radius 3 is 2.88 bits per heavy atom. The smallest absolute Gasteiger partial charge is 0.181 e. The second-order valence-corrected chi connectivity index (χ2v) is 3.65. The third kappa shape index (κ3) is 1.53. The second kappa shape index (κ2) is 3.57. The fourth-order valence-corrected chi connectivity index (χ4v) is 1.65. The van der Waals surface area contributed by atoms with Gasteiger partial charge in [-0.15, -0.1) is 0 Å². The average molecular weight is 232 g/mol. The molecular formula is C11H6ClN3O. The Labute approximate surface area is 95.9 Å². The van der Waals surface area contributed by atoms with Crippen LogP contribution in [0.4, 0.5) is 0 Å². The summed E-state index contributed by atoms with van der Waals surface area (Å²) in [4.78, 5) is 12.0. The summed E-state index contributed by atoms with van der Waals surface area (Å²) < 4.78 is 5.22. The van der Waals surface area contributed by atoms with Gasteiger partial charge in [0.2, 0.25) is 0 Å². The van der Waals surface area contributed by atoms with E-state index in [9.17, 15) is 0 Å². The number of hydrogen-bond acceptors (Lipinski definition) is 4. The molecule has 0 fully saturated rings. The highest BCUT2D eigenvalue weighted by Crippen LogP contribution is 2.23. The van der Waals surface area contributed by atoms with Gasteiger partial charge in [0.05, 0.1) is 5.69 Å². The number of fused-ring (bicyclic) bond motifs is 1. The zero-order chi connectivity index (χ0) is 11.0. The molecule has 16 heavy (non-hydrogen) atoms. The predicted molar refractivity (Wildman–Crippen MR) is 60.0 cm³/mol. The van der Waals surface area contributed by atoms with Crippen LogP contribution in [-0.4, -0.2) is 15.0 Å². The van der Waals surface area contributed by atoms with Crippen LogP contribution in [0.25, 0.3) is 22.4 Å². The second-order valence-electron chi connectivity index (χ2n) is 3.26. The first-order valence-corrected chi connectivity index (χ1v) is 5.02. The minimum atomic E-state index is 0.419. The Morgan fingerprint density at radius 2 is 2.00 bits per heavy atom. The van der Waals surface area contributed by atoms with Crippen molar-refractivity contribution in [3.8, 4) is 11.3 Å². The number of oxazole rings is 1. The van der Waals surface area contributed by atoms with Gasteiger partial charge in [-0.3, -0.25) is 0 Å². The van der Waals surface area contributed by atoms with E-state index >= 15 is 0 Å². The first-order chi connectivity index (χ1) is 7.83. The van der Waals surface area contributed by atoms with E-state index in [1.54, 1.807) is 6.07 Å². The summed E-state index contributed by atoms with van der Waals surface area (Å²) in [6, 6.07) is 7.38. The maximum atomic E-state index is 5.80. The third-order valence-electron chi connectivity index (χ3n) is 2.26. The molecule has 0 radical (unpaired) electrons. The first-order valence-electron chi connectivity index (χ1n) is 4.64. The van der Waals surface area contributed by atoms with E-state index in [1.165, 1.54) is 12.7 Å². The average Bonchev–Trinajstić information content (AvgIpc) is 2.75. The monoisotopic (exact) mass is 231 g/mol. The summed E-state index contributed by atoms with van der Waals surface area (Å²) in [6.45, 7) is 0. The first kappa shape index (κ1) is 9.30. The summed E-state index contributed by atoms with van der Waals surface area (Å²) in [5.41, 5.74) is 3.24. The quantitative estimate of drug-likeness (QED) is 0.604. The summed E-state index contributed by atoms with van der Waals surface area (Å²) >= 11 is 5.80. The van der Waals surface area contributed by atoms with Gasteiger partial charge in [0, 0.05) is 11.6 Å². The molecule has 0 aliphatic heterocycles. The summed E-state index contributed by atoms with van der Waals surface area (Å²) in [5, 5.41) is 0.419. The molecule has 0 aliphatic rings. The summed E-state index contributed by atoms with van der Waals surface area (Å²) in [5.74, 6) is 0. The van der Waals surface area contributed by atoms with E-state index in [0.717, 1.165) is 22.4 Å². The molecule has 4 nitrogen and oxygen atoms in total. The Bertz CT molecular complexity index is 650. The lowest BCUT2D eigenvalue weighted by molar-refractivity contribution is 0.602. The molecule has 3 rings (SSSR count). The lowest BCUT2D eigenvalue weighted by Crippen LogP contribution is -1.85. The zero-order valence-corrected chi connectivity index (χ0v) is 8.85. The van der Waals surface area contributed by atoms with Crippen molar-refractivity contribution < 1.29 is 4.42 Å². The highest BCUT2D eigenvalue weighted by atomic mass is 35.5. The van der Waals surface area contributed by atoms with Gasteiger partial charge in [-0.1, -0.05) is 17.7 Å². The standard InChI is InChI=1S/C11H6ClN3O/c12-11-4-9(13-5-14-11)7-1-2-8-10(3-7)16-6-15-8/h1-6H. The zero-order valence-electron chi connectivity index (χ0n) is 8.09. The molecule has 0 amide bonds. The van der Waals surface area contributed by atoms with Crippen molar-refractivity contribution in [3.63, 3.8) is 0 Å². The highest BCUT2D eigenvalue weighted by molar-refractivity contribution is 6.29. The van der Waals surface area contributed by atoms with E-state index in [4.69, 9.17) is 16.0 Å². The van der Waals surface area contributed by atoms with Crippen molar-refractivity contribution in [3.05, 3.63) is 42.1 Å². The fourth-order valence-electron chi connectivity index (χ4n) is 1.51. The molecule has 1 aromatic carbocycles. The molecule has 2 heterocycles. The van der Waals surface area contributed by atoms with Gasteiger partial charge in [-0.2, -0.15) is 0 Å². The molecule has 3 aromatic rings. The van der Waals surface area contributed by atoms with Gasteiger partial charge in [0.25, 0.3) is 0 Å². The molecule has 0 aliphatic carbocycles. The normalized spacial score (nSPS) is 10.8. The Hall–Kier alpha value is -1.94. The van der Waals surface area contributed by atoms with Crippen LogP contribution in [0.5, 0.6) is 0 Å². The number of nitrogens with zero attached hydrogens (tertiary/aromatic N) is 3. The van der Waals surface area contributed by atoms with Crippen LogP contribution in [0.15, 0.2) is 41.4 Å². The van der Waals surface area contributed by atoms with Crippen molar-refractivity contribution >= 4 is 22.7 Å². The molecule has 0 saturated heterocycles. The summed E-state index contributed by atoms with van der Waals surface area (Å²) in [7, 11) is 0. The van der Waals surface area contributed by atoms with Crippen LogP contribution >= 0.6 is 11.6 Å². The van der Waals surface area contributed by atoms with Gasteiger partial charge >= 0.3 is 0 Å². The lowest BCUT2D eigenvalue weighted by Gasteiger charge is -1.99. The molecule has 0 spiro atoms. The van der Waals surface area contributed by atoms with Gasteiger partial charge in [-0.25, -0.2) is 15.0 Å². The van der Waals surface area contributed by atoms with Crippen LogP contribution in [0.3, 0.4) is 0 Å². The van der Waals surface area contributed by atoms with Gasteiger partial charge < -0.3 is 4.42 Å². The molecular weight excluding hydrogens is 226 g/mol. The van der Waals surface area contributed by atoms with Crippen molar-refractivity contribution in [2.45, 2.75) is 0 Å². The molecule has 0 atom stereocenters. The maximum absolute atomic E-state index is 5.80. The molecule has 0 N–H and O–H groups in total. The Morgan fingerprint density at radius 1 is 1.06 bits per heavy atom. The van der Waals surface area contributed by atoms with Gasteiger partial charge in [0.15, 0.2) is 12.0 Å². The number of halogens is 1. The predicted octanol–water partition coefficient (Wildman–Crippen LogP) is 2.94. The van der Waals surface area contributed by atoms with E-state index in [-0.39, 0.29) is 0 Å².